The van der Waals surface area contributed by atoms with Crippen molar-refractivity contribution in [1.29, 1.82) is 0 Å². The molecule has 98 valence electrons. The van der Waals surface area contributed by atoms with Crippen LogP contribution in [0.25, 0.3) is 0 Å². The van der Waals surface area contributed by atoms with Gasteiger partial charge in [0.15, 0.2) is 0 Å². The zero-order chi connectivity index (χ0) is 12.5. The first kappa shape index (κ1) is 12.8. The van der Waals surface area contributed by atoms with Crippen LogP contribution in [0.3, 0.4) is 0 Å². The van der Waals surface area contributed by atoms with E-state index in [4.69, 9.17) is 4.74 Å². The Hall–Kier alpha value is -0.610. The second-order valence-electron chi connectivity index (χ2n) is 6.06. The van der Waals surface area contributed by atoms with E-state index in [1.165, 1.54) is 0 Å². The second-order valence-corrected chi connectivity index (χ2v) is 6.06. The molecule has 2 fully saturated rings. The minimum Gasteiger partial charge on any atom is -0.372 e. The summed E-state index contributed by atoms with van der Waals surface area (Å²) < 4.78 is 5.64. The van der Waals surface area contributed by atoms with E-state index in [0.29, 0.717) is 18.4 Å². The SMILES string of the molecule is CC1CNCC(C(=O)N2CCOC(C)(C)C2)C1. The van der Waals surface area contributed by atoms with Gasteiger partial charge in [0.05, 0.1) is 18.1 Å². The van der Waals surface area contributed by atoms with Crippen molar-refractivity contribution >= 4 is 5.91 Å². The highest BCUT2D eigenvalue weighted by molar-refractivity contribution is 5.79. The maximum Gasteiger partial charge on any atom is 0.227 e. The third kappa shape index (κ3) is 3.19. The van der Waals surface area contributed by atoms with E-state index in [2.05, 4.69) is 12.2 Å². The van der Waals surface area contributed by atoms with Gasteiger partial charge in [-0.05, 0) is 32.7 Å². The summed E-state index contributed by atoms with van der Waals surface area (Å²) in [7, 11) is 0. The molecule has 2 aliphatic rings. The molecular weight excluding hydrogens is 216 g/mol. The number of piperidine rings is 1. The molecule has 0 spiro atoms. The summed E-state index contributed by atoms with van der Waals surface area (Å²) in [4.78, 5) is 14.4. The zero-order valence-corrected chi connectivity index (χ0v) is 11.2. The van der Waals surface area contributed by atoms with Gasteiger partial charge in [0.1, 0.15) is 0 Å². The summed E-state index contributed by atoms with van der Waals surface area (Å²) >= 11 is 0. The third-order valence-corrected chi connectivity index (χ3v) is 3.66. The van der Waals surface area contributed by atoms with Gasteiger partial charge in [-0.1, -0.05) is 6.92 Å². The number of hydrogen-bond acceptors (Lipinski definition) is 3. The van der Waals surface area contributed by atoms with Gasteiger partial charge in [-0.3, -0.25) is 4.79 Å². The van der Waals surface area contributed by atoms with E-state index < -0.39 is 0 Å². The zero-order valence-electron chi connectivity index (χ0n) is 11.2. The van der Waals surface area contributed by atoms with Gasteiger partial charge < -0.3 is 15.0 Å². The molecule has 0 radical (unpaired) electrons. The van der Waals surface area contributed by atoms with E-state index in [9.17, 15) is 4.79 Å². The first-order valence-electron chi connectivity index (χ1n) is 6.61. The highest BCUT2D eigenvalue weighted by Gasteiger charge is 2.34. The molecule has 17 heavy (non-hydrogen) atoms. The number of carbonyl (C=O) groups excluding carboxylic acids is 1. The molecule has 0 aromatic rings. The standard InChI is InChI=1S/C13H24N2O2/c1-10-6-11(8-14-7-10)12(16)15-4-5-17-13(2,3)9-15/h10-11,14H,4-9H2,1-3H3. The van der Waals surface area contributed by atoms with Crippen molar-refractivity contribution in [2.24, 2.45) is 11.8 Å². The van der Waals surface area contributed by atoms with Crippen LogP contribution in [0, 0.1) is 11.8 Å². The van der Waals surface area contributed by atoms with E-state index in [1.54, 1.807) is 0 Å². The molecule has 0 saturated carbocycles. The molecule has 2 atom stereocenters. The Balaban J connectivity index is 1.94. The maximum atomic E-state index is 12.4. The Morgan fingerprint density at radius 3 is 2.82 bits per heavy atom. The predicted molar refractivity (Wildman–Crippen MR) is 66.8 cm³/mol. The van der Waals surface area contributed by atoms with Crippen molar-refractivity contribution < 1.29 is 9.53 Å². The highest BCUT2D eigenvalue weighted by atomic mass is 16.5. The molecule has 2 rings (SSSR count). The van der Waals surface area contributed by atoms with Crippen LogP contribution in [-0.4, -0.2) is 49.2 Å². The lowest BCUT2D eigenvalue weighted by Gasteiger charge is -2.40. The Morgan fingerprint density at radius 1 is 1.41 bits per heavy atom. The second kappa shape index (κ2) is 4.94. The van der Waals surface area contributed by atoms with E-state index in [-0.39, 0.29) is 11.5 Å². The number of rotatable bonds is 1. The van der Waals surface area contributed by atoms with Crippen LogP contribution in [-0.2, 0) is 9.53 Å². The van der Waals surface area contributed by atoms with Crippen LogP contribution in [0.2, 0.25) is 0 Å². The molecule has 1 N–H and O–H groups in total. The summed E-state index contributed by atoms with van der Waals surface area (Å²) in [5.41, 5.74) is -0.193. The lowest BCUT2D eigenvalue weighted by atomic mass is 9.90. The number of amides is 1. The maximum absolute atomic E-state index is 12.4. The van der Waals surface area contributed by atoms with Gasteiger partial charge >= 0.3 is 0 Å². The lowest BCUT2D eigenvalue weighted by Crippen LogP contribution is -2.54. The van der Waals surface area contributed by atoms with Crippen LogP contribution < -0.4 is 5.32 Å². The highest BCUT2D eigenvalue weighted by Crippen LogP contribution is 2.22. The molecule has 1 amide bonds. The first-order valence-corrected chi connectivity index (χ1v) is 6.61. The van der Waals surface area contributed by atoms with Gasteiger partial charge in [0.25, 0.3) is 0 Å². The summed E-state index contributed by atoms with van der Waals surface area (Å²) in [6, 6.07) is 0. The molecule has 0 aliphatic carbocycles. The molecule has 0 aromatic carbocycles. The van der Waals surface area contributed by atoms with Crippen LogP contribution in [0.5, 0.6) is 0 Å². The van der Waals surface area contributed by atoms with Crippen molar-refractivity contribution in [3.63, 3.8) is 0 Å². The molecule has 0 aromatic heterocycles. The van der Waals surface area contributed by atoms with E-state index >= 15 is 0 Å². The number of nitrogens with one attached hydrogen (secondary N) is 1. The average molecular weight is 240 g/mol. The van der Waals surface area contributed by atoms with Crippen LogP contribution >= 0.6 is 0 Å². The monoisotopic (exact) mass is 240 g/mol. The smallest absolute Gasteiger partial charge is 0.227 e. The fourth-order valence-corrected chi connectivity index (χ4v) is 2.81. The van der Waals surface area contributed by atoms with Crippen LogP contribution in [0.1, 0.15) is 27.2 Å². The first-order chi connectivity index (χ1) is 7.98. The van der Waals surface area contributed by atoms with Crippen molar-refractivity contribution in [3.8, 4) is 0 Å². The third-order valence-electron chi connectivity index (χ3n) is 3.66. The predicted octanol–water partition coefficient (Wildman–Crippen LogP) is 0.869. The van der Waals surface area contributed by atoms with E-state index in [0.717, 1.165) is 32.6 Å². The fraction of sp³-hybridized carbons (Fsp3) is 0.923. The summed E-state index contributed by atoms with van der Waals surface area (Å²) in [6.07, 6.45) is 1.02. The molecular formula is C13H24N2O2. The Labute approximate surface area is 104 Å². The minimum absolute atomic E-state index is 0.160. The van der Waals surface area contributed by atoms with Gasteiger partial charge in [0, 0.05) is 19.6 Å². The normalized spacial score (nSPS) is 33.5. The summed E-state index contributed by atoms with van der Waals surface area (Å²) in [5.74, 6) is 1.07. The summed E-state index contributed by atoms with van der Waals surface area (Å²) in [6.45, 7) is 10.3. The number of hydrogen-bond donors (Lipinski definition) is 1. The fourth-order valence-electron chi connectivity index (χ4n) is 2.81. The van der Waals surface area contributed by atoms with Gasteiger partial charge in [-0.25, -0.2) is 0 Å². The minimum atomic E-state index is -0.193. The van der Waals surface area contributed by atoms with Gasteiger partial charge in [-0.15, -0.1) is 0 Å². The van der Waals surface area contributed by atoms with Crippen molar-refractivity contribution in [2.75, 3.05) is 32.8 Å². The molecule has 2 heterocycles. The molecule has 2 aliphatic heterocycles. The Kier molecular flexibility index (Phi) is 3.73. The van der Waals surface area contributed by atoms with Crippen LogP contribution in [0.4, 0.5) is 0 Å². The van der Waals surface area contributed by atoms with Crippen molar-refractivity contribution in [3.05, 3.63) is 0 Å². The molecule has 0 bridgehead atoms. The lowest BCUT2D eigenvalue weighted by molar-refractivity contribution is -0.151. The van der Waals surface area contributed by atoms with Crippen LogP contribution in [0.15, 0.2) is 0 Å². The van der Waals surface area contributed by atoms with Crippen molar-refractivity contribution in [1.82, 2.24) is 10.2 Å². The largest absolute Gasteiger partial charge is 0.372 e. The molecule has 2 unspecified atom stereocenters. The topological polar surface area (TPSA) is 41.6 Å². The quantitative estimate of drug-likeness (QED) is 0.739. The van der Waals surface area contributed by atoms with Crippen molar-refractivity contribution in [2.45, 2.75) is 32.8 Å². The Bertz CT molecular complexity index is 291. The summed E-state index contributed by atoms with van der Waals surface area (Å²) in [5, 5.41) is 3.35. The number of morpholine rings is 1. The van der Waals surface area contributed by atoms with E-state index in [1.807, 2.05) is 18.7 Å². The Morgan fingerprint density at radius 2 is 2.18 bits per heavy atom. The molecule has 4 nitrogen and oxygen atoms in total. The average Bonchev–Trinajstić information content (AvgIpc) is 2.26. The number of ether oxygens (including phenoxy) is 1. The van der Waals surface area contributed by atoms with Gasteiger partial charge in [0.2, 0.25) is 5.91 Å². The number of nitrogens with zero attached hydrogens (tertiary/aromatic N) is 1. The molecule has 4 heteroatoms. The van der Waals surface area contributed by atoms with Gasteiger partial charge in [-0.2, -0.15) is 0 Å². The number of carbonyl (C=O) groups is 1. The molecule has 2 saturated heterocycles.